The first-order valence-corrected chi connectivity index (χ1v) is 10.7. The normalized spacial score (nSPS) is 11.5. The lowest BCUT2D eigenvalue weighted by Crippen LogP contribution is -2.41. The van der Waals surface area contributed by atoms with Gasteiger partial charge in [-0.05, 0) is 30.7 Å². The molecule has 0 spiro atoms. The fraction of sp³-hybridized carbons (Fsp3) is 0.278. The van der Waals surface area contributed by atoms with Crippen LogP contribution in [0.25, 0.3) is 0 Å². The predicted molar refractivity (Wildman–Crippen MR) is 128 cm³/mol. The number of rotatable bonds is 9. The summed E-state index contributed by atoms with van der Waals surface area (Å²) in [6, 6.07) is 12.2. The van der Waals surface area contributed by atoms with Crippen LogP contribution in [0.4, 0.5) is 5.69 Å². The van der Waals surface area contributed by atoms with Crippen molar-refractivity contribution in [1.29, 1.82) is 0 Å². The molecule has 9 nitrogen and oxygen atoms in total. The highest BCUT2D eigenvalue weighted by Gasteiger charge is 2.17. The summed E-state index contributed by atoms with van der Waals surface area (Å²) in [7, 11) is -3.86. The number of sulfonamides is 1. The zero-order valence-corrected chi connectivity index (χ0v) is 20.1. The zero-order chi connectivity index (χ0) is 21.3. The highest BCUT2D eigenvalue weighted by Crippen LogP contribution is 2.16. The number of nitrogens with one attached hydrogen (secondary N) is 3. The number of halogens is 2. The molecule has 0 fully saturated rings. The van der Waals surface area contributed by atoms with Crippen molar-refractivity contribution in [2.24, 2.45) is 4.99 Å². The molecule has 0 saturated carbocycles. The minimum absolute atomic E-state index is 0. The maximum Gasteiger partial charge on any atom is 0.270 e. The number of hydrogen-bond donors (Lipinski definition) is 3. The topological polar surface area (TPSA) is 126 Å². The number of nitro groups is 1. The van der Waals surface area contributed by atoms with Gasteiger partial charge in [0.05, 0.1) is 16.4 Å². The van der Waals surface area contributed by atoms with Crippen molar-refractivity contribution >= 4 is 57.2 Å². The molecule has 0 amide bonds. The van der Waals surface area contributed by atoms with Crippen molar-refractivity contribution < 1.29 is 13.3 Å². The SMILES string of the molecule is CCNC(=NCc1cccc(Cl)c1)NCCNS(=O)(=O)c1cccc([N+](=O)[O-])c1.I. The predicted octanol–water partition coefficient (Wildman–Crippen LogP) is 2.90. The smallest absolute Gasteiger partial charge is 0.270 e. The number of hydrogen-bond acceptors (Lipinski definition) is 5. The average molecular weight is 568 g/mol. The summed E-state index contributed by atoms with van der Waals surface area (Å²) in [5, 5.41) is 17.5. The van der Waals surface area contributed by atoms with Crippen molar-refractivity contribution in [1.82, 2.24) is 15.4 Å². The average Bonchev–Trinajstić information content (AvgIpc) is 2.69. The first-order chi connectivity index (χ1) is 13.8. The standard InChI is InChI=1S/C18H22ClN5O4S.HI/c1-2-20-18(22-13-14-5-3-6-15(19)11-14)21-9-10-23-29(27,28)17-8-4-7-16(12-17)24(25)26;/h3-8,11-12,23H,2,9-10,13H2,1H3,(H2,20,21,22);1H. The monoisotopic (exact) mass is 567 g/mol. The molecule has 0 aliphatic rings. The number of benzene rings is 2. The highest BCUT2D eigenvalue weighted by atomic mass is 127. The van der Waals surface area contributed by atoms with E-state index in [9.17, 15) is 18.5 Å². The van der Waals surface area contributed by atoms with Gasteiger partial charge in [0.15, 0.2) is 5.96 Å². The third-order valence-electron chi connectivity index (χ3n) is 3.70. The molecule has 0 radical (unpaired) electrons. The quantitative estimate of drug-likeness (QED) is 0.107. The molecular weight excluding hydrogens is 545 g/mol. The second-order valence-electron chi connectivity index (χ2n) is 5.90. The van der Waals surface area contributed by atoms with Gasteiger partial charge in [0.1, 0.15) is 0 Å². The van der Waals surface area contributed by atoms with E-state index in [0.29, 0.717) is 24.1 Å². The summed E-state index contributed by atoms with van der Waals surface area (Å²) < 4.78 is 27.0. The molecule has 164 valence electrons. The lowest BCUT2D eigenvalue weighted by atomic mass is 10.2. The van der Waals surface area contributed by atoms with E-state index in [4.69, 9.17) is 11.6 Å². The van der Waals surface area contributed by atoms with E-state index >= 15 is 0 Å². The molecule has 12 heteroatoms. The molecule has 2 rings (SSSR count). The molecular formula is C18H23ClIN5O4S. The Balaban J connectivity index is 0.00000450. The van der Waals surface area contributed by atoms with Crippen LogP contribution >= 0.6 is 35.6 Å². The van der Waals surface area contributed by atoms with Gasteiger partial charge >= 0.3 is 0 Å². The summed E-state index contributed by atoms with van der Waals surface area (Å²) in [4.78, 5) is 14.4. The van der Waals surface area contributed by atoms with Crippen LogP contribution in [0.3, 0.4) is 0 Å². The molecule has 0 bridgehead atoms. The summed E-state index contributed by atoms with van der Waals surface area (Å²) in [5.41, 5.74) is 0.662. The third-order valence-corrected chi connectivity index (χ3v) is 5.40. The van der Waals surface area contributed by atoms with Crippen LogP contribution in [0, 0.1) is 10.1 Å². The second kappa shape index (κ2) is 12.7. The van der Waals surface area contributed by atoms with Gasteiger partial charge in [0, 0.05) is 36.8 Å². The fourth-order valence-corrected chi connectivity index (χ4v) is 3.65. The second-order valence-corrected chi connectivity index (χ2v) is 8.11. The Morgan fingerprint density at radius 1 is 1.13 bits per heavy atom. The number of guanidine groups is 1. The van der Waals surface area contributed by atoms with E-state index in [-0.39, 0.29) is 47.6 Å². The van der Waals surface area contributed by atoms with E-state index < -0.39 is 14.9 Å². The van der Waals surface area contributed by atoms with Gasteiger partial charge in [0.2, 0.25) is 10.0 Å². The highest BCUT2D eigenvalue weighted by molar-refractivity contribution is 14.0. The Morgan fingerprint density at radius 3 is 2.53 bits per heavy atom. The fourth-order valence-electron chi connectivity index (χ4n) is 2.36. The minimum Gasteiger partial charge on any atom is -0.357 e. The molecule has 0 atom stereocenters. The largest absolute Gasteiger partial charge is 0.357 e. The molecule has 0 heterocycles. The molecule has 2 aromatic rings. The van der Waals surface area contributed by atoms with E-state index in [2.05, 4.69) is 20.3 Å². The summed E-state index contributed by atoms with van der Waals surface area (Å²) >= 11 is 5.96. The van der Waals surface area contributed by atoms with Gasteiger partial charge in [-0.3, -0.25) is 10.1 Å². The zero-order valence-electron chi connectivity index (χ0n) is 16.2. The molecule has 2 aromatic carbocycles. The number of nitro benzene ring substituents is 1. The summed E-state index contributed by atoms with van der Waals surface area (Å²) in [6.07, 6.45) is 0. The Labute approximate surface area is 197 Å². The molecule has 3 N–H and O–H groups in total. The lowest BCUT2D eigenvalue weighted by molar-refractivity contribution is -0.385. The first-order valence-electron chi connectivity index (χ1n) is 8.82. The molecule has 0 aliphatic heterocycles. The van der Waals surface area contributed by atoms with Crippen LogP contribution in [0.2, 0.25) is 5.02 Å². The Hall–Kier alpha value is -1.96. The van der Waals surface area contributed by atoms with Crippen molar-refractivity contribution in [3.8, 4) is 0 Å². The minimum atomic E-state index is -3.86. The van der Waals surface area contributed by atoms with Gasteiger partial charge in [-0.15, -0.1) is 24.0 Å². The van der Waals surface area contributed by atoms with Crippen LogP contribution in [0.15, 0.2) is 58.4 Å². The first kappa shape index (κ1) is 26.1. The van der Waals surface area contributed by atoms with Crippen LogP contribution in [0.1, 0.15) is 12.5 Å². The van der Waals surface area contributed by atoms with Crippen LogP contribution in [-0.2, 0) is 16.6 Å². The van der Waals surface area contributed by atoms with Gasteiger partial charge in [0.25, 0.3) is 5.69 Å². The molecule has 30 heavy (non-hydrogen) atoms. The molecule has 0 aromatic heterocycles. The lowest BCUT2D eigenvalue weighted by Gasteiger charge is -2.12. The number of nitrogens with zero attached hydrogens (tertiary/aromatic N) is 2. The van der Waals surface area contributed by atoms with E-state index in [1.54, 1.807) is 6.07 Å². The van der Waals surface area contributed by atoms with Gasteiger partial charge in [-0.25, -0.2) is 18.1 Å². The molecule has 0 saturated heterocycles. The van der Waals surface area contributed by atoms with Crippen LogP contribution in [0.5, 0.6) is 0 Å². The molecule has 0 unspecified atom stereocenters. The van der Waals surface area contributed by atoms with E-state index in [1.165, 1.54) is 18.2 Å². The van der Waals surface area contributed by atoms with E-state index in [0.717, 1.165) is 11.6 Å². The van der Waals surface area contributed by atoms with Gasteiger partial charge in [-0.1, -0.05) is 29.8 Å². The van der Waals surface area contributed by atoms with Crippen LogP contribution < -0.4 is 15.4 Å². The number of aliphatic imine (C=N–C) groups is 1. The van der Waals surface area contributed by atoms with Crippen LogP contribution in [-0.4, -0.2) is 38.9 Å². The van der Waals surface area contributed by atoms with Gasteiger partial charge < -0.3 is 10.6 Å². The Bertz CT molecular complexity index is 988. The number of non-ortho nitro benzene ring substituents is 1. The Morgan fingerprint density at radius 2 is 1.87 bits per heavy atom. The maximum absolute atomic E-state index is 12.3. The van der Waals surface area contributed by atoms with Gasteiger partial charge in [-0.2, -0.15) is 0 Å². The van der Waals surface area contributed by atoms with Crippen molar-refractivity contribution in [2.75, 3.05) is 19.6 Å². The Kier molecular flexibility index (Phi) is 11.0. The summed E-state index contributed by atoms with van der Waals surface area (Å²) in [6.45, 7) is 3.32. The molecule has 0 aliphatic carbocycles. The van der Waals surface area contributed by atoms with Crippen molar-refractivity contribution in [3.63, 3.8) is 0 Å². The van der Waals surface area contributed by atoms with Crippen molar-refractivity contribution in [2.45, 2.75) is 18.4 Å². The summed E-state index contributed by atoms with van der Waals surface area (Å²) in [5.74, 6) is 0.530. The third kappa shape index (κ3) is 8.42. The van der Waals surface area contributed by atoms with E-state index in [1.807, 2.05) is 25.1 Å². The maximum atomic E-state index is 12.3. The van der Waals surface area contributed by atoms with Crippen molar-refractivity contribution in [3.05, 3.63) is 69.2 Å².